The summed E-state index contributed by atoms with van der Waals surface area (Å²) in [6.07, 6.45) is 0. The Morgan fingerprint density at radius 1 is 1.80 bits per heavy atom. The fourth-order valence-corrected chi connectivity index (χ4v) is 1.70. The van der Waals surface area contributed by atoms with E-state index in [0.717, 1.165) is 5.75 Å². The second-order valence-corrected chi connectivity index (χ2v) is 3.01. The lowest BCUT2D eigenvalue weighted by atomic mass is 10.5. The van der Waals surface area contributed by atoms with Crippen LogP contribution < -0.4 is 0 Å². The lowest BCUT2D eigenvalue weighted by Gasteiger charge is -2.09. The van der Waals surface area contributed by atoms with Gasteiger partial charge in [0.05, 0.1) is 0 Å². The second-order valence-electron chi connectivity index (χ2n) is 1.93. The quantitative estimate of drug-likeness (QED) is 0.473. The fourth-order valence-electron chi connectivity index (χ4n) is 0.798. The molecule has 54 valence electrons. The summed E-state index contributed by atoms with van der Waals surface area (Å²) in [6, 6.07) is 0. The highest BCUT2D eigenvalue weighted by Crippen LogP contribution is 2.24. The zero-order valence-corrected chi connectivity index (χ0v) is 6.40. The smallest absolute Gasteiger partial charge is 0.224 e. The van der Waals surface area contributed by atoms with Gasteiger partial charge in [0.15, 0.2) is 11.0 Å². The van der Waals surface area contributed by atoms with E-state index in [-0.39, 0.29) is 5.91 Å². The SMILES string of the molecule is CC(=O)N1CCSC1=C=O. The first-order valence-electron chi connectivity index (χ1n) is 2.91. The Kier molecular flexibility index (Phi) is 2.14. The number of rotatable bonds is 0. The molecule has 10 heavy (non-hydrogen) atoms. The van der Waals surface area contributed by atoms with Crippen molar-refractivity contribution in [1.82, 2.24) is 4.90 Å². The van der Waals surface area contributed by atoms with E-state index in [4.69, 9.17) is 0 Å². The summed E-state index contributed by atoms with van der Waals surface area (Å²) in [7, 11) is 0. The topological polar surface area (TPSA) is 37.4 Å². The molecular formula is C6H7NO2S. The average Bonchev–Trinajstić information content (AvgIpc) is 2.33. The van der Waals surface area contributed by atoms with Crippen LogP contribution in [0.25, 0.3) is 0 Å². The zero-order chi connectivity index (χ0) is 7.56. The van der Waals surface area contributed by atoms with Gasteiger partial charge in [0.2, 0.25) is 5.91 Å². The van der Waals surface area contributed by atoms with E-state index >= 15 is 0 Å². The first kappa shape index (κ1) is 7.38. The maximum atomic E-state index is 10.7. The van der Waals surface area contributed by atoms with Crippen LogP contribution >= 0.6 is 11.8 Å². The van der Waals surface area contributed by atoms with Crippen molar-refractivity contribution in [1.29, 1.82) is 0 Å². The molecule has 0 aromatic heterocycles. The molecule has 1 rings (SSSR count). The van der Waals surface area contributed by atoms with Crippen molar-refractivity contribution in [3.05, 3.63) is 5.03 Å². The van der Waals surface area contributed by atoms with Crippen LogP contribution in [-0.2, 0) is 9.59 Å². The average molecular weight is 157 g/mol. The highest BCUT2D eigenvalue weighted by molar-refractivity contribution is 8.03. The van der Waals surface area contributed by atoms with Gasteiger partial charge in [-0.2, -0.15) is 0 Å². The van der Waals surface area contributed by atoms with Gasteiger partial charge in [0.25, 0.3) is 0 Å². The molecule has 0 spiro atoms. The van der Waals surface area contributed by atoms with E-state index in [1.165, 1.54) is 23.6 Å². The van der Waals surface area contributed by atoms with Crippen molar-refractivity contribution in [2.75, 3.05) is 12.3 Å². The Bertz CT molecular complexity index is 208. The third kappa shape index (κ3) is 1.23. The largest absolute Gasteiger partial charge is 0.297 e. The Labute approximate surface area is 63.1 Å². The highest BCUT2D eigenvalue weighted by atomic mass is 32.2. The second kappa shape index (κ2) is 2.90. The molecule has 0 N–H and O–H groups in total. The number of nitrogens with zero attached hydrogens (tertiary/aromatic N) is 1. The third-order valence-electron chi connectivity index (χ3n) is 1.27. The van der Waals surface area contributed by atoms with Crippen molar-refractivity contribution in [3.8, 4) is 0 Å². The summed E-state index contributed by atoms with van der Waals surface area (Å²) in [4.78, 5) is 22.3. The summed E-state index contributed by atoms with van der Waals surface area (Å²) in [5.41, 5.74) is 0. The molecule has 1 aliphatic rings. The van der Waals surface area contributed by atoms with Gasteiger partial charge in [-0.05, 0) is 0 Å². The van der Waals surface area contributed by atoms with Gasteiger partial charge in [0, 0.05) is 19.2 Å². The van der Waals surface area contributed by atoms with Gasteiger partial charge in [0.1, 0.15) is 0 Å². The maximum absolute atomic E-state index is 10.7. The molecule has 0 radical (unpaired) electrons. The van der Waals surface area contributed by atoms with Crippen molar-refractivity contribution in [2.45, 2.75) is 6.92 Å². The third-order valence-corrected chi connectivity index (χ3v) is 2.23. The molecule has 1 amide bonds. The summed E-state index contributed by atoms with van der Waals surface area (Å²) in [6.45, 7) is 2.09. The summed E-state index contributed by atoms with van der Waals surface area (Å²) >= 11 is 1.38. The number of carbonyl (C=O) groups excluding carboxylic acids is 2. The standard InChI is InChI=1S/C6H7NO2S/c1-5(9)7-2-3-10-6(7)4-8/h2-3H2,1H3. The molecule has 4 heteroatoms. The highest BCUT2D eigenvalue weighted by Gasteiger charge is 2.21. The first-order valence-corrected chi connectivity index (χ1v) is 3.90. The number of thioether (sulfide) groups is 1. The van der Waals surface area contributed by atoms with E-state index in [0.29, 0.717) is 11.6 Å². The molecule has 0 unspecified atom stereocenters. The van der Waals surface area contributed by atoms with Crippen LogP contribution in [0.15, 0.2) is 5.03 Å². The molecule has 0 aliphatic carbocycles. The molecule has 1 aliphatic heterocycles. The van der Waals surface area contributed by atoms with Crippen LogP contribution in [0.3, 0.4) is 0 Å². The minimum atomic E-state index is -0.0802. The monoisotopic (exact) mass is 157 g/mol. The van der Waals surface area contributed by atoms with Gasteiger partial charge in [-0.15, -0.1) is 0 Å². The molecule has 3 nitrogen and oxygen atoms in total. The molecule has 1 fully saturated rings. The van der Waals surface area contributed by atoms with E-state index in [9.17, 15) is 9.59 Å². The molecular weight excluding hydrogens is 150 g/mol. The number of carbonyl (C=O) groups is 1. The Morgan fingerprint density at radius 3 is 2.90 bits per heavy atom. The van der Waals surface area contributed by atoms with Crippen molar-refractivity contribution >= 4 is 23.6 Å². The van der Waals surface area contributed by atoms with E-state index < -0.39 is 0 Å². The van der Waals surface area contributed by atoms with Gasteiger partial charge in [-0.25, -0.2) is 4.79 Å². The van der Waals surface area contributed by atoms with E-state index in [1.807, 2.05) is 0 Å². The predicted molar refractivity (Wildman–Crippen MR) is 39.1 cm³/mol. The summed E-state index contributed by atoms with van der Waals surface area (Å²) in [5.74, 6) is 2.46. The molecule has 1 heterocycles. The minimum absolute atomic E-state index is 0.0802. The zero-order valence-electron chi connectivity index (χ0n) is 5.59. The van der Waals surface area contributed by atoms with Crippen LogP contribution in [0.1, 0.15) is 6.92 Å². The number of amides is 1. The molecule has 0 bridgehead atoms. The molecule has 1 saturated heterocycles. The lowest BCUT2D eigenvalue weighted by Crippen LogP contribution is -2.23. The Balaban J connectivity index is 2.78. The van der Waals surface area contributed by atoms with Crippen LogP contribution in [0.2, 0.25) is 0 Å². The lowest BCUT2D eigenvalue weighted by molar-refractivity contribution is -0.126. The van der Waals surface area contributed by atoms with Crippen LogP contribution in [0, 0.1) is 0 Å². The molecule has 0 saturated carbocycles. The van der Waals surface area contributed by atoms with Crippen LogP contribution in [-0.4, -0.2) is 29.0 Å². The van der Waals surface area contributed by atoms with Crippen LogP contribution in [0.4, 0.5) is 0 Å². The van der Waals surface area contributed by atoms with Gasteiger partial charge >= 0.3 is 0 Å². The first-order chi connectivity index (χ1) is 4.75. The Morgan fingerprint density at radius 2 is 2.50 bits per heavy atom. The van der Waals surface area contributed by atoms with Crippen molar-refractivity contribution in [3.63, 3.8) is 0 Å². The summed E-state index contributed by atoms with van der Waals surface area (Å²) < 4.78 is 0. The van der Waals surface area contributed by atoms with Gasteiger partial charge in [-0.1, -0.05) is 11.8 Å². The normalized spacial score (nSPS) is 17.3. The minimum Gasteiger partial charge on any atom is -0.297 e. The van der Waals surface area contributed by atoms with E-state index in [1.54, 1.807) is 5.94 Å². The fraction of sp³-hybridized carbons (Fsp3) is 0.500. The Hall–Kier alpha value is -0.730. The van der Waals surface area contributed by atoms with Gasteiger partial charge < -0.3 is 0 Å². The number of hydrogen-bond acceptors (Lipinski definition) is 3. The van der Waals surface area contributed by atoms with Crippen LogP contribution in [0.5, 0.6) is 0 Å². The molecule has 0 aromatic carbocycles. The van der Waals surface area contributed by atoms with Crippen molar-refractivity contribution in [2.24, 2.45) is 0 Å². The predicted octanol–water partition coefficient (Wildman–Crippen LogP) is 0.255. The maximum Gasteiger partial charge on any atom is 0.224 e. The number of hydrogen-bond donors (Lipinski definition) is 0. The summed E-state index contributed by atoms with van der Waals surface area (Å²) in [5, 5.41) is 0.424. The van der Waals surface area contributed by atoms with Crippen molar-refractivity contribution < 1.29 is 9.59 Å². The molecule has 0 atom stereocenters. The van der Waals surface area contributed by atoms with E-state index in [2.05, 4.69) is 0 Å². The van der Waals surface area contributed by atoms with Gasteiger partial charge in [-0.3, -0.25) is 9.69 Å². The molecule has 0 aromatic rings.